The topological polar surface area (TPSA) is 86.1 Å². The Morgan fingerprint density at radius 2 is 1.88 bits per heavy atom. The SMILES string of the molecule is CCCCc1[nH]cc[n+]1C.O=S(=O)([O-])C(F)(F)C(F)OC(F)(F)F. The lowest BCUT2D eigenvalue weighted by atomic mass is 10.2. The molecule has 13 heteroatoms. The number of halogens is 6. The fourth-order valence-corrected chi connectivity index (χ4v) is 1.60. The molecule has 0 aliphatic carbocycles. The van der Waals surface area contributed by atoms with Gasteiger partial charge in [-0.2, -0.15) is 8.78 Å². The summed E-state index contributed by atoms with van der Waals surface area (Å²) in [5.74, 6) is 1.32. The van der Waals surface area contributed by atoms with Gasteiger partial charge in [-0.3, -0.25) is 0 Å². The minimum atomic E-state index is -6.56. The standard InChI is InChI=1S/C8H14N2.C3H2F6O4S/c1-3-4-5-8-9-6-7-10(8)2;4-1(13-3(7,8)9)2(5,6)14(10,11)12/h6-7H,3-5H2,1-2H3;1H,(H,10,11,12). The van der Waals surface area contributed by atoms with Crippen LogP contribution in [0.5, 0.6) is 0 Å². The number of alkyl halides is 6. The molecule has 142 valence electrons. The van der Waals surface area contributed by atoms with Crippen molar-refractivity contribution in [1.29, 1.82) is 0 Å². The lowest BCUT2D eigenvalue weighted by Gasteiger charge is -2.23. The first-order valence-electron chi connectivity index (χ1n) is 6.46. The van der Waals surface area contributed by atoms with Crippen LogP contribution in [0.4, 0.5) is 26.3 Å². The van der Waals surface area contributed by atoms with Crippen molar-refractivity contribution in [1.82, 2.24) is 4.98 Å². The first kappa shape index (κ1) is 22.7. The highest BCUT2D eigenvalue weighted by molar-refractivity contribution is 7.86. The van der Waals surface area contributed by atoms with Crippen LogP contribution in [0.15, 0.2) is 12.4 Å². The maximum absolute atomic E-state index is 12.0. The van der Waals surface area contributed by atoms with Crippen molar-refractivity contribution >= 4 is 10.1 Å². The zero-order valence-corrected chi connectivity index (χ0v) is 13.4. The van der Waals surface area contributed by atoms with Gasteiger partial charge < -0.3 is 4.55 Å². The molecule has 0 radical (unpaired) electrons. The second-order valence-electron chi connectivity index (χ2n) is 4.52. The van der Waals surface area contributed by atoms with Crippen LogP contribution >= 0.6 is 0 Å². The Labute approximate surface area is 134 Å². The van der Waals surface area contributed by atoms with E-state index in [1.807, 2.05) is 17.1 Å². The smallest absolute Gasteiger partial charge is 0.525 e. The van der Waals surface area contributed by atoms with Crippen LogP contribution in [-0.4, -0.2) is 35.9 Å². The Morgan fingerprint density at radius 3 is 2.21 bits per heavy atom. The molecule has 0 aliphatic heterocycles. The number of hydrogen-bond acceptors (Lipinski definition) is 4. The van der Waals surface area contributed by atoms with E-state index in [0.717, 1.165) is 0 Å². The summed E-state index contributed by atoms with van der Waals surface area (Å²) in [5, 5.41) is -5.79. The molecule has 1 atom stereocenters. The third kappa shape index (κ3) is 7.49. The molecule has 1 N–H and O–H groups in total. The van der Waals surface area contributed by atoms with Gasteiger partial charge in [0, 0.05) is 6.42 Å². The summed E-state index contributed by atoms with van der Waals surface area (Å²) < 4.78 is 102. The Bertz CT molecular complexity index is 602. The van der Waals surface area contributed by atoms with E-state index in [2.05, 4.69) is 23.5 Å². The van der Waals surface area contributed by atoms with Crippen LogP contribution in [0.2, 0.25) is 0 Å². The van der Waals surface area contributed by atoms with Crippen molar-refractivity contribution in [3.8, 4) is 0 Å². The molecule has 24 heavy (non-hydrogen) atoms. The fourth-order valence-electron chi connectivity index (χ4n) is 1.33. The first-order valence-corrected chi connectivity index (χ1v) is 7.87. The molecule has 0 saturated carbocycles. The van der Waals surface area contributed by atoms with Crippen molar-refractivity contribution < 1.29 is 48.6 Å². The fraction of sp³-hybridized carbons (Fsp3) is 0.727. The molecule has 0 bridgehead atoms. The number of H-pyrrole nitrogens is 1. The first-order chi connectivity index (χ1) is 10.7. The molecule has 0 aliphatic rings. The van der Waals surface area contributed by atoms with Crippen LogP contribution in [0.25, 0.3) is 0 Å². The Balaban J connectivity index is 0.000000463. The average molecular weight is 386 g/mol. The van der Waals surface area contributed by atoms with Gasteiger partial charge in [-0.15, -0.1) is 13.2 Å². The van der Waals surface area contributed by atoms with Gasteiger partial charge in [-0.1, -0.05) is 13.3 Å². The predicted octanol–water partition coefficient (Wildman–Crippen LogP) is 2.14. The summed E-state index contributed by atoms with van der Waals surface area (Å²) in [6.07, 6.45) is -2.68. The van der Waals surface area contributed by atoms with E-state index in [9.17, 15) is 39.3 Å². The second kappa shape index (κ2) is 8.67. The molecule has 0 saturated heterocycles. The minimum absolute atomic E-state index is 1.17. The van der Waals surface area contributed by atoms with E-state index >= 15 is 0 Å². The van der Waals surface area contributed by atoms with Crippen LogP contribution in [-0.2, 0) is 28.3 Å². The summed E-state index contributed by atoms with van der Waals surface area (Å²) in [7, 11) is -4.49. The number of aromatic amines is 1. The van der Waals surface area contributed by atoms with Gasteiger partial charge in [-0.25, -0.2) is 27.1 Å². The molecule has 1 rings (SSSR count). The lowest BCUT2D eigenvalue weighted by molar-refractivity contribution is -0.677. The van der Waals surface area contributed by atoms with Crippen LogP contribution in [0, 0.1) is 0 Å². The second-order valence-corrected chi connectivity index (χ2v) is 5.97. The zero-order chi connectivity index (χ0) is 19.2. The number of unbranched alkanes of at least 4 members (excludes halogenated alkanes) is 1. The molecular formula is C11H16F6N2O4S. The highest BCUT2D eigenvalue weighted by Crippen LogP contribution is 2.32. The number of ether oxygens (including phenoxy) is 1. The predicted molar refractivity (Wildman–Crippen MR) is 67.3 cm³/mol. The monoisotopic (exact) mass is 386 g/mol. The third-order valence-electron chi connectivity index (χ3n) is 2.58. The van der Waals surface area contributed by atoms with E-state index in [-0.39, 0.29) is 0 Å². The molecular weight excluding hydrogens is 370 g/mol. The van der Waals surface area contributed by atoms with E-state index < -0.39 is 28.1 Å². The summed E-state index contributed by atoms with van der Waals surface area (Å²) in [5.41, 5.74) is 0. The zero-order valence-electron chi connectivity index (χ0n) is 12.6. The minimum Gasteiger partial charge on any atom is -0.743 e. The Kier molecular flexibility index (Phi) is 8.18. The number of nitrogens with zero attached hydrogens (tertiary/aromatic N) is 1. The van der Waals surface area contributed by atoms with Crippen LogP contribution < -0.4 is 4.57 Å². The van der Waals surface area contributed by atoms with E-state index in [1.165, 1.54) is 25.1 Å². The Hall–Kier alpha value is -1.34. The molecule has 0 aromatic carbocycles. The number of rotatable bonds is 6. The maximum atomic E-state index is 12.0. The summed E-state index contributed by atoms with van der Waals surface area (Å²) in [6.45, 7) is 2.21. The lowest BCUT2D eigenvalue weighted by Crippen LogP contribution is -2.42. The molecule has 6 nitrogen and oxygen atoms in total. The van der Waals surface area contributed by atoms with Crippen molar-refractivity contribution in [2.45, 2.75) is 44.2 Å². The largest absolute Gasteiger partial charge is 0.743 e. The number of nitrogens with one attached hydrogen (secondary N) is 1. The summed E-state index contributed by atoms with van der Waals surface area (Å²) >= 11 is 0. The molecule has 1 heterocycles. The van der Waals surface area contributed by atoms with Gasteiger partial charge in [0.1, 0.15) is 12.4 Å². The quantitative estimate of drug-likeness (QED) is 0.461. The highest BCUT2D eigenvalue weighted by Gasteiger charge is 2.53. The molecule has 1 aromatic heterocycles. The van der Waals surface area contributed by atoms with Gasteiger partial charge in [0.15, 0.2) is 10.1 Å². The van der Waals surface area contributed by atoms with Crippen molar-refractivity contribution in [3.63, 3.8) is 0 Å². The van der Waals surface area contributed by atoms with E-state index in [1.54, 1.807) is 0 Å². The summed E-state index contributed by atoms with van der Waals surface area (Å²) in [4.78, 5) is 3.20. The number of aryl methyl sites for hydroxylation is 2. The van der Waals surface area contributed by atoms with E-state index in [4.69, 9.17) is 0 Å². The van der Waals surface area contributed by atoms with Gasteiger partial charge in [0.25, 0.3) is 12.2 Å². The molecule has 0 fully saturated rings. The summed E-state index contributed by atoms with van der Waals surface area (Å²) in [6, 6.07) is 0. The van der Waals surface area contributed by atoms with Gasteiger partial charge in [-0.05, 0) is 6.42 Å². The molecule has 0 amide bonds. The Morgan fingerprint density at radius 1 is 1.33 bits per heavy atom. The number of hydrogen-bond donors (Lipinski definition) is 1. The maximum Gasteiger partial charge on any atom is 0.525 e. The van der Waals surface area contributed by atoms with Crippen molar-refractivity contribution in [2.75, 3.05) is 0 Å². The molecule has 1 aromatic rings. The van der Waals surface area contributed by atoms with E-state index in [0.29, 0.717) is 0 Å². The van der Waals surface area contributed by atoms with Gasteiger partial charge in [0.2, 0.25) is 0 Å². The van der Waals surface area contributed by atoms with Crippen LogP contribution in [0.3, 0.4) is 0 Å². The van der Waals surface area contributed by atoms with Crippen LogP contribution in [0.1, 0.15) is 25.6 Å². The number of imidazole rings is 1. The highest BCUT2D eigenvalue weighted by atomic mass is 32.2. The van der Waals surface area contributed by atoms with Gasteiger partial charge in [0.05, 0.1) is 7.05 Å². The normalized spacial score (nSPS) is 14.0. The van der Waals surface area contributed by atoms with Gasteiger partial charge >= 0.3 is 11.6 Å². The third-order valence-corrected chi connectivity index (χ3v) is 3.43. The molecule has 1 unspecified atom stereocenters. The van der Waals surface area contributed by atoms with Crippen molar-refractivity contribution in [3.05, 3.63) is 18.2 Å². The number of aromatic nitrogens is 2. The van der Waals surface area contributed by atoms with Crippen molar-refractivity contribution in [2.24, 2.45) is 7.05 Å². The molecule has 0 spiro atoms. The average Bonchev–Trinajstić information content (AvgIpc) is 2.79.